The number of aryl methyl sites for hydroxylation is 1. The third kappa shape index (κ3) is 3.73. The van der Waals surface area contributed by atoms with E-state index in [2.05, 4.69) is 28.0 Å². The first-order chi connectivity index (χ1) is 10.2. The SMILES string of the molecule is CCc1nn(Cc2ccc(OC)cc2)cc1C(C=O)CBr. The summed E-state index contributed by atoms with van der Waals surface area (Å²) in [5.74, 6) is 0.707. The van der Waals surface area contributed by atoms with Crippen molar-refractivity contribution in [3.63, 3.8) is 0 Å². The van der Waals surface area contributed by atoms with Gasteiger partial charge in [0.1, 0.15) is 12.0 Å². The van der Waals surface area contributed by atoms with E-state index >= 15 is 0 Å². The van der Waals surface area contributed by atoms with Gasteiger partial charge in [0, 0.05) is 17.1 Å². The van der Waals surface area contributed by atoms with E-state index in [9.17, 15) is 4.79 Å². The lowest BCUT2D eigenvalue weighted by atomic mass is 10.0. The fourth-order valence-corrected chi connectivity index (χ4v) is 2.75. The van der Waals surface area contributed by atoms with E-state index in [1.807, 2.05) is 35.1 Å². The van der Waals surface area contributed by atoms with E-state index in [4.69, 9.17) is 4.74 Å². The highest BCUT2D eigenvalue weighted by atomic mass is 79.9. The average molecular weight is 351 g/mol. The highest BCUT2D eigenvalue weighted by Crippen LogP contribution is 2.21. The molecule has 0 N–H and O–H groups in total. The molecule has 2 aromatic rings. The fraction of sp³-hybridized carbons (Fsp3) is 0.375. The molecule has 1 heterocycles. The van der Waals surface area contributed by atoms with Gasteiger partial charge in [-0.05, 0) is 24.1 Å². The summed E-state index contributed by atoms with van der Waals surface area (Å²) in [5, 5.41) is 5.21. The van der Waals surface area contributed by atoms with Crippen molar-refractivity contribution in [3.05, 3.63) is 47.3 Å². The Morgan fingerprint density at radius 3 is 2.62 bits per heavy atom. The summed E-state index contributed by atoms with van der Waals surface area (Å²) < 4.78 is 7.05. The minimum Gasteiger partial charge on any atom is -0.497 e. The van der Waals surface area contributed by atoms with Crippen molar-refractivity contribution in [2.45, 2.75) is 25.8 Å². The summed E-state index contributed by atoms with van der Waals surface area (Å²) in [7, 11) is 1.65. The molecular weight excluding hydrogens is 332 g/mol. The van der Waals surface area contributed by atoms with Gasteiger partial charge >= 0.3 is 0 Å². The molecule has 0 bridgehead atoms. The van der Waals surface area contributed by atoms with E-state index in [0.29, 0.717) is 11.9 Å². The van der Waals surface area contributed by atoms with Crippen molar-refractivity contribution in [1.82, 2.24) is 9.78 Å². The largest absolute Gasteiger partial charge is 0.497 e. The Balaban J connectivity index is 2.21. The van der Waals surface area contributed by atoms with Crippen LogP contribution in [0.1, 0.15) is 29.7 Å². The third-order valence-electron chi connectivity index (χ3n) is 3.44. The van der Waals surface area contributed by atoms with Gasteiger partial charge in [0.15, 0.2) is 0 Å². The van der Waals surface area contributed by atoms with E-state index in [1.54, 1.807) is 7.11 Å². The van der Waals surface area contributed by atoms with Crippen molar-refractivity contribution in [2.75, 3.05) is 12.4 Å². The summed E-state index contributed by atoms with van der Waals surface area (Å²) in [6.07, 6.45) is 3.77. The zero-order chi connectivity index (χ0) is 15.2. The van der Waals surface area contributed by atoms with Crippen LogP contribution in [0, 0.1) is 0 Å². The number of benzene rings is 1. The second-order valence-corrected chi connectivity index (χ2v) is 5.47. The van der Waals surface area contributed by atoms with Crippen LogP contribution in [0.5, 0.6) is 5.75 Å². The molecule has 1 aromatic heterocycles. The Kier molecular flexibility index (Phi) is 5.56. The van der Waals surface area contributed by atoms with Crippen LogP contribution in [0.4, 0.5) is 0 Å². The first-order valence-electron chi connectivity index (χ1n) is 6.92. The first kappa shape index (κ1) is 15.8. The van der Waals surface area contributed by atoms with Gasteiger partial charge in [0.25, 0.3) is 0 Å². The molecule has 1 atom stereocenters. The zero-order valence-electron chi connectivity index (χ0n) is 12.3. The molecule has 1 unspecified atom stereocenters. The van der Waals surface area contributed by atoms with Gasteiger partial charge in [0.2, 0.25) is 0 Å². The molecule has 0 aliphatic heterocycles. The van der Waals surface area contributed by atoms with E-state index in [0.717, 1.165) is 35.3 Å². The number of methoxy groups -OCH3 is 1. The minimum atomic E-state index is -0.135. The molecule has 0 radical (unpaired) electrons. The number of ether oxygens (including phenoxy) is 1. The maximum Gasteiger partial charge on any atom is 0.128 e. The molecule has 5 heteroatoms. The number of carbonyl (C=O) groups is 1. The molecule has 0 fully saturated rings. The highest BCUT2D eigenvalue weighted by molar-refractivity contribution is 9.09. The lowest BCUT2D eigenvalue weighted by Crippen LogP contribution is -2.03. The maximum absolute atomic E-state index is 11.2. The normalized spacial score (nSPS) is 12.1. The monoisotopic (exact) mass is 350 g/mol. The Bertz CT molecular complexity index is 593. The average Bonchev–Trinajstić information content (AvgIpc) is 2.92. The molecule has 2 rings (SSSR count). The quantitative estimate of drug-likeness (QED) is 0.569. The van der Waals surface area contributed by atoms with Gasteiger partial charge in [0.05, 0.1) is 25.3 Å². The van der Waals surface area contributed by atoms with Gasteiger partial charge in [-0.1, -0.05) is 35.0 Å². The van der Waals surface area contributed by atoms with Gasteiger partial charge in [-0.3, -0.25) is 4.68 Å². The predicted octanol–water partition coefficient (Wildman–Crippen LogP) is 3.18. The molecule has 21 heavy (non-hydrogen) atoms. The Labute approximate surface area is 133 Å². The fourth-order valence-electron chi connectivity index (χ4n) is 2.25. The minimum absolute atomic E-state index is 0.135. The molecule has 0 amide bonds. The highest BCUT2D eigenvalue weighted by Gasteiger charge is 2.16. The lowest BCUT2D eigenvalue weighted by molar-refractivity contribution is -0.108. The van der Waals surface area contributed by atoms with Gasteiger partial charge in [-0.25, -0.2) is 0 Å². The standard InChI is InChI=1S/C16H19BrN2O2/c1-3-16-15(13(8-17)11-20)10-19(18-16)9-12-4-6-14(21-2)7-5-12/h4-7,10-11,13H,3,8-9H2,1-2H3. The van der Waals surface area contributed by atoms with Crippen molar-refractivity contribution >= 4 is 22.2 Å². The van der Waals surface area contributed by atoms with Crippen LogP contribution >= 0.6 is 15.9 Å². The van der Waals surface area contributed by atoms with Crippen molar-refractivity contribution in [3.8, 4) is 5.75 Å². The van der Waals surface area contributed by atoms with Crippen molar-refractivity contribution in [2.24, 2.45) is 0 Å². The Morgan fingerprint density at radius 2 is 2.10 bits per heavy atom. The molecule has 1 aromatic carbocycles. The molecule has 0 spiro atoms. The summed E-state index contributed by atoms with van der Waals surface area (Å²) in [5.41, 5.74) is 3.15. The summed E-state index contributed by atoms with van der Waals surface area (Å²) in [6, 6.07) is 7.92. The third-order valence-corrected chi connectivity index (χ3v) is 4.14. The van der Waals surface area contributed by atoms with Crippen LogP contribution in [-0.2, 0) is 17.8 Å². The van der Waals surface area contributed by atoms with E-state index < -0.39 is 0 Å². The zero-order valence-corrected chi connectivity index (χ0v) is 13.8. The van der Waals surface area contributed by atoms with E-state index in [1.165, 1.54) is 0 Å². The molecule has 0 aliphatic carbocycles. The molecule has 0 aliphatic rings. The summed E-state index contributed by atoms with van der Waals surface area (Å²) in [4.78, 5) is 11.2. The van der Waals surface area contributed by atoms with Crippen molar-refractivity contribution < 1.29 is 9.53 Å². The second-order valence-electron chi connectivity index (χ2n) is 4.83. The first-order valence-corrected chi connectivity index (χ1v) is 8.04. The lowest BCUT2D eigenvalue weighted by Gasteiger charge is -2.05. The number of nitrogens with zero attached hydrogens (tertiary/aromatic N) is 2. The number of hydrogen-bond donors (Lipinski definition) is 0. The Morgan fingerprint density at radius 1 is 1.38 bits per heavy atom. The Hall–Kier alpha value is -1.62. The smallest absolute Gasteiger partial charge is 0.128 e. The number of aromatic nitrogens is 2. The van der Waals surface area contributed by atoms with Crippen LogP contribution in [0.15, 0.2) is 30.5 Å². The molecular formula is C16H19BrN2O2. The molecule has 0 saturated heterocycles. The van der Waals surface area contributed by atoms with Crippen molar-refractivity contribution in [1.29, 1.82) is 0 Å². The second kappa shape index (κ2) is 7.41. The van der Waals surface area contributed by atoms with E-state index in [-0.39, 0.29) is 5.92 Å². The number of alkyl halides is 1. The predicted molar refractivity (Wildman–Crippen MR) is 86.3 cm³/mol. The van der Waals surface area contributed by atoms with Crippen LogP contribution in [0.3, 0.4) is 0 Å². The number of hydrogen-bond acceptors (Lipinski definition) is 3. The van der Waals surface area contributed by atoms with Gasteiger partial charge < -0.3 is 9.53 Å². The van der Waals surface area contributed by atoms with Crippen LogP contribution in [-0.4, -0.2) is 28.5 Å². The number of aldehydes is 1. The molecule has 112 valence electrons. The summed E-state index contributed by atoms with van der Waals surface area (Å²) >= 11 is 3.39. The molecule has 4 nitrogen and oxygen atoms in total. The number of rotatable bonds is 7. The maximum atomic E-state index is 11.2. The van der Waals surface area contributed by atoms with Crippen LogP contribution in [0.2, 0.25) is 0 Å². The van der Waals surface area contributed by atoms with Gasteiger partial charge in [-0.2, -0.15) is 5.10 Å². The van der Waals surface area contributed by atoms with Gasteiger partial charge in [-0.15, -0.1) is 0 Å². The summed E-state index contributed by atoms with van der Waals surface area (Å²) in [6.45, 7) is 2.74. The topological polar surface area (TPSA) is 44.1 Å². The van der Waals surface area contributed by atoms with Crippen LogP contribution in [0.25, 0.3) is 0 Å². The number of halogens is 1. The number of carbonyl (C=O) groups excluding carboxylic acids is 1. The molecule has 0 saturated carbocycles. The van der Waals surface area contributed by atoms with Crippen LogP contribution < -0.4 is 4.74 Å².